The summed E-state index contributed by atoms with van der Waals surface area (Å²) in [6.45, 7) is 1.49. The highest BCUT2D eigenvalue weighted by atomic mass is 32.1. The van der Waals surface area contributed by atoms with E-state index in [-0.39, 0.29) is 11.8 Å². The number of alkyl halides is 3. The summed E-state index contributed by atoms with van der Waals surface area (Å²) in [5, 5.41) is 12.9. The van der Waals surface area contributed by atoms with Gasteiger partial charge < -0.3 is 10.2 Å². The van der Waals surface area contributed by atoms with Crippen molar-refractivity contribution in [2.24, 2.45) is 5.92 Å². The molecule has 0 radical (unpaired) electrons. The number of aromatic nitrogens is 3. The monoisotopic (exact) mass is 409 g/mol. The summed E-state index contributed by atoms with van der Waals surface area (Å²) in [6, 6.07) is 6.18. The van der Waals surface area contributed by atoms with Gasteiger partial charge in [-0.3, -0.25) is 9.20 Å². The van der Waals surface area contributed by atoms with Crippen LogP contribution in [0.15, 0.2) is 35.8 Å². The van der Waals surface area contributed by atoms with E-state index in [0.29, 0.717) is 31.2 Å². The van der Waals surface area contributed by atoms with Gasteiger partial charge in [0.2, 0.25) is 11.9 Å². The minimum Gasteiger partial charge on any atom is -0.351 e. The zero-order valence-electron chi connectivity index (χ0n) is 14.8. The number of fused-ring (bicyclic) bond motifs is 1. The SMILES string of the molecule is O=C(NCc1cccs1)[C@H]1CCCN(c2nnc3ccc(C(F)(F)F)cn23)C1. The predicted octanol–water partition coefficient (Wildman–Crippen LogP) is 3.34. The third-order valence-electron chi connectivity index (χ3n) is 4.80. The Hall–Kier alpha value is -2.62. The van der Waals surface area contributed by atoms with E-state index in [2.05, 4.69) is 15.5 Å². The highest BCUT2D eigenvalue weighted by Crippen LogP contribution is 2.30. The molecule has 0 saturated carbocycles. The molecule has 1 aliphatic rings. The Bertz CT molecular complexity index is 969. The van der Waals surface area contributed by atoms with Crippen LogP contribution in [-0.4, -0.2) is 33.6 Å². The number of nitrogens with zero attached hydrogens (tertiary/aromatic N) is 4. The predicted molar refractivity (Wildman–Crippen MR) is 99.1 cm³/mol. The molecule has 1 N–H and O–H groups in total. The van der Waals surface area contributed by atoms with Gasteiger partial charge >= 0.3 is 6.18 Å². The van der Waals surface area contributed by atoms with Crippen molar-refractivity contribution in [2.75, 3.05) is 18.0 Å². The molecule has 6 nitrogen and oxygen atoms in total. The van der Waals surface area contributed by atoms with Gasteiger partial charge in [-0.25, -0.2) is 0 Å². The molecule has 0 unspecified atom stereocenters. The number of nitrogens with one attached hydrogen (secondary N) is 1. The summed E-state index contributed by atoms with van der Waals surface area (Å²) in [7, 11) is 0. The van der Waals surface area contributed by atoms with Crippen LogP contribution in [0, 0.1) is 5.92 Å². The summed E-state index contributed by atoms with van der Waals surface area (Å²) in [5.41, 5.74) is -0.421. The van der Waals surface area contributed by atoms with Crippen molar-refractivity contribution >= 4 is 28.8 Å². The fraction of sp³-hybridized carbons (Fsp3) is 0.389. The minimum atomic E-state index is -4.44. The van der Waals surface area contributed by atoms with Crippen molar-refractivity contribution in [3.8, 4) is 0 Å². The van der Waals surface area contributed by atoms with E-state index in [4.69, 9.17) is 0 Å². The first kappa shape index (κ1) is 18.7. The van der Waals surface area contributed by atoms with Gasteiger partial charge in [-0.1, -0.05) is 6.07 Å². The van der Waals surface area contributed by atoms with Crippen molar-refractivity contribution in [1.82, 2.24) is 19.9 Å². The number of thiophene rings is 1. The molecule has 1 aliphatic heterocycles. The molecule has 0 bridgehead atoms. The van der Waals surface area contributed by atoms with Gasteiger partial charge in [0.1, 0.15) is 0 Å². The quantitative estimate of drug-likeness (QED) is 0.718. The van der Waals surface area contributed by atoms with E-state index in [1.165, 1.54) is 10.5 Å². The third kappa shape index (κ3) is 3.82. The van der Waals surface area contributed by atoms with Crippen LogP contribution in [-0.2, 0) is 17.5 Å². The average Bonchev–Trinajstić information content (AvgIpc) is 3.34. The standard InChI is InChI=1S/C18H18F3N5OS/c19-18(20,21)13-5-6-15-23-24-17(26(15)11-13)25-7-1-3-12(10-25)16(27)22-9-14-4-2-8-28-14/h2,4-6,8,11-12H,1,3,7,9-10H2,(H,22,27)/t12-/m0/s1. The molecule has 0 aromatic carbocycles. The Morgan fingerprint density at radius 3 is 2.89 bits per heavy atom. The molecule has 10 heteroatoms. The summed E-state index contributed by atoms with van der Waals surface area (Å²) in [5.74, 6) is 0.0339. The summed E-state index contributed by atoms with van der Waals surface area (Å²) in [6.07, 6.45) is -1.95. The fourth-order valence-corrected chi connectivity index (χ4v) is 4.01. The van der Waals surface area contributed by atoms with E-state index in [1.807, 2.05) is 22.4 Å². The van der Waals surface area contributed by atoms with E-state index >= 15 is 0 Å². The topological polar surface area (TPSA) is 62.5 Å². The summed E-state index contributed by atoms with van der Waals surface area (Å²) < 4.78 is 40.5. The number of pyridine rings is 1. The molecular weight excluding hydrogens is 391 g/mol. The molecule has 3 aromatic heterocycles. The van der Waals surface area contributed by atoms with E-state index in [9.17, 15) is 18.0 Å². The average molecular weight is 409 g/mol. The van der Waals surface area contributed by atoms with E-state index in [1.54, 1.807) is 11.3 Å². The third-order valence-corrected chi connectivity index (χ3v) is 5.68. The van der Waals surface area contributed by atoms with Crippen LogP contribution in [0.5, 0.6) is 0 Å². The second kappa shape index (κ2) is 7.42. The highest BCUT2D eigenvalue weighted by Gasteiger charge is 2.32. The second-order valence-electron chi connectivity index (χ2n) is 6.73. The molecule has 28 heavy (non-hydrogen) atoms. The first-order chi connectivity index (χ1) is 13.4. The maximum Gasteiger partial charge on any atom is 0.417 e. The molecule has 148 valence electrons. The lowest BCUT2D eigenvalue weighted by molar-refractivity contribution is -0.137. The van der Waals surface area contributed by atoms with E-state index < -0.39 is 11.7 Å². The van der Waals surface area contributed by atoms with Crippen molar-refractivity contribution in [3.05, 3.63) is 46.3 Å². The lowest BCUT2D eigenvalue weighted by Gasteiger charge is -2.32. The van der Waals surface area contributed by atoms with Gasteiger partial charge in [0.15, 0.2) is 5.65 Å². The lowest BCUT2D eigenvalue weighted by atomic mass is 9.97. The van der Waals surface area contributed by atoms with Crippen LogP contribution in [0.25, 0.3) is 5.65 Å². The van der Waals surface area contributed by atoms with Crippen molar-refractivity contribution in [1.29, 1.82) is 0 Å². The maximum absolute atomic E-state index is 13.0. The van der Waals surface area contributed by atoms with Crippen LogP contribution in [0.4, 0.5) is 19.1 Å². The lowest BCUT2D eigenvalue weighted by Crippen LogP contribution is -2.43. The molecule has 1 fully saturated rings. The first-order valence-corrected chi connectivity index (χ1v) is 9.77. The van der Waals surface area contributed by atoms with Crippen molar-refractivity contribution < 1.29 is 18.0 Å². The number of anilines is 1. The molecule has 1 atom stereocenters. The zero-order chi connectivity index (χ0) is 19.7. The number of carbonyl (C=O) groups is 1. The second-order valence-corrected chi connectivity index (χ2v) is 7.76. The molecule has 1 amide bonds. The number of carbonyl (C=O) groups excluding carboxylic acids is 1. The summed E-state index contributed by atoms with van der Waals surface area (Å²) in [4.78, 5) is 15.4. The molecule has 1 saturated heterocycles. The number of halogens is 3. The van der Waals surface area contributed by atoms with Gasteiger partial charge in [0.05, 0.1) is 18.0 Å². The van der Waals surface area contributed by atoms with Crippen LogP contribution in [0.2, 0.25) is 0 Å². The Kier molecular flexibility index (Phi) is 4.96. The Balaban J connectivity index is 1.50. The molecule has 0 spiro atoms. The number of amides is 1. The normalized spacial score (nSPS) is 17.8. The van der Waals surface area contributed by atoms with Crippen LogP contribution < -0.4 is 10.2 Å². The van der Waals surface area contributed by atoms with Crippen LogP contribution in [0.1, 0.15) is 23.3 Å². The van der Waals surface area contributed by atoms with E-state index in [0.717, 1.165) is 30.0 Å². The Labute approximate surface area is 163 Å². The number of piperidine rings is 1. The minimum absolute atomic E-state index is 0.0529. The molecule has 4 heterocycles. The largest absolute Gasteiger partial charge is 0.417 e. The summed E-state index contributed by atoms with van der Waals surface area (Å²) >= 11 is 1.58. The Morgan fingerprint density at radius 1 is 1.29 bits per heavy atom. The van der Waals surface area contributed by atoms with Gasteiger partial charge in [-0.2, -0.15) is 13.2 Å². The first-order valence-electron chi connectivity index (χ1n) is 8.89. The molecule has 4 rings (SSSR count). The van der Waals surface area contributed by atoms with Gasteiger partial charge in [-0.15, -0.1) is 21.5 Å². The van der Waals surface area contributed by atoms with Gasteiger partial charge in [0.25, 0.3) is 0 Å². The van der Waals surface area contributed by atoms with Crippen LogP contribution >= 0.6 is 11.3 Å². The number of hydrogen-bond acceptors (Lipinski definition) is 5. The van der Waals surface area contributed by atoms with Gasteiger partial charge in [0, 0.05) is 24.2 Å². The number of rotatable bonds is 4. The van der Waals surface area contributed by atoms with Crippen LogP contribution in [0.3, 0.4) is 0 Å². The molecule has 3 aromatic rings. The van der Waals surface area contributed by atoms with Gasteiger partial charge in [-0.05, 0) is 36.4 Å². The Morgan fingerprint density at radius 2 is 2.14 bits per heavy atom. The van der Waals surface area contributed by atoms with Crippen molar-refractivity contribution in [2.45, 2.75) is 25.6 Å². The number of hydrogen-bond donors (Lipinski definition) is 1. The molecular formula is C18H18F3N5OS. The fourth-order valence-electron chi connectivity index (χ4n) is 3.37. The zero-order valence-corrected chi connectivity index (χ0v) is 15.6. The highest BCUT2D eigenvalue weighted by molar-refractivity contribution is 7.09. The molecule has 0 aliphatic carbocycles. The smallest absolute Gasteiger partial charge is 0.351 e. The maximum atomic E-state index is 13.0. The van der Waals surface area contributed by atoms with Crippen molar-refractivity contribution in [3.63, 3.8) is 0 Å².